The van der Waals surface area contributed by atoms with E-state index in [1.807, 2.05) is 36.4 Å². The maximum atomic E-state index is 8.58. The van der Waals surface area contributed by atoms with Gasteiger partial charge in [0.1, 0.15) is 5.75 Å². The molecule has 0 heterocycles. The Morgan fingerprint density at radius 2 is 0.625 bits per heavy atom. The van der Waals surface area contributed by atoms with Gasteiger partial charge in [0, 0.05) is 4.47 Å². The van der Waals surface area contributed by atoms with Crippen LogP contribution in [0.4, 0.5) is 0 Å². The minimum Gasteiger partial charge on any atom is -0.537 e. The average Bonchev–Trinajstić information content (AvgIpc) is 3.36. The van der Waals surface area contributed by atoms with Crippen LogP contribution < -0.4 is 4.65 Å². The molecule has 0 fully saturated rings. The van der Waals surface area contributed by atoms with Crippen LogP contribution in [0.25, 0.3) is 98.0 Å². The van der Waals surface area contributed by atoms with Crippen LogP contribution in [0.15, 0.2) is 247 Å². The van der Waals surface area contributed by atoms with Gasteiger partial charge >= 0.3 is 7.69 Å². The second kappa shape index (κ2) is 18.5. The predicted molar refractivity (Wildman–Crippen MR) is 277 cm³/mol. The average molecular weight is 885 g/mol. The largest absolute Gasteiger partial charge is 0.569 e. The Morgan fingerprint density at radius 1 is 0.297 bits per heavy atom. The van der Waals surface area contributed by atoms with E-state index >= 15 is 0 Å². The van der Waals surface area contributed by atoms with Crippen LogP contribution in [-0.4, -0.2) is 12.7 Å². The summed E-state index contributed by atoms with van der Waals surface area (Å²) in [5.74, 6) is 0.618. The van der Waals surface area contributed by atoms with E-state index < -0.39 is 0 Å². The number of benzene rings is 12. The lowest BCUT2D eigenvalue weighted by atomic mass is 9.91. The van der Waals surface area contributed by atoms with E-state index in [2.05, 4.69) is 222 Å². The summed E-state index contributed by atoms with van der Waals surface area (Å²) in [7, 11) is 0.686. The third-order valence-corrected chi connectivity index (χ3v) is 12.7. The van der Waals surface area contributed by atoms with Gasteiger partial charge in [0.15, 0.2) is 0 Å². The maximum Gasteiger partial charge on any atom is 0.569 e. The van der Waals surface area contributed by atoms with E-state index in [9.17, 15) is 0 Å². The Bertz CT molecular complexity index is 3480. The van der Waals surface area contributed by atoms with Crippen molar-refractivity contribution in [1.29, 1.82) is 0 Å². The Hall–Kier alpha value is -7.50. The summed E-state index contributed by atoms with van der Waals surface area (Å²) < 4.78 is 6.09. The molecular weight excluding hydrogens is 843 g/mol. The zero-order valence-electron chi connectivity index (χ0n) is 34.9. The molecule has 4 heteroatoms. The Balaban J connectivity index is 0.000000122. The van der Waals surface area contributed by atoms with Crippen molar-refractivity contribution in [3.8, 4) is 39.1 Å². The predicted octanol–water partition coefficient (Wildman–Crippen LogP) is 16.6. The van der Waals surface area contributed by atoms with Crippen molar-refractivity contribution in [1.82, 2.24) is 0 Å². The Kier molecular flexibility index (Phi) is 11.7. The first-order chi connectivity index (χ1) is 31.6. The van der Waals surface area contributed by atoms with Gasteiger partial charge in [-0.15, -0.1) is 0 Å². The molecule has 0 saturated carbocycles. The molecule has 12 aromatic carbocycles. The molecule has 1 N–H and O–H groups in total. The van der Waals surface area contributed by atoms with E-state index in [0.717, 1.165) is 5.56 Å². The van der Waals surface area contributed by atoms with Crippen LogP contribution in [0.3, 0.4) is 0 Å². The van der Waals surface area contributed by atoms with Crippen LogP contribution >= 0.6 is 15.9 Å². The highest BCUT2D eigenvalue weighted by Gasteiger charge is 2.11. The molecule has 0 aliphatic carbocycles. The fourth-order valence-corrected chi connectivity index (χ4v) is 9.36. The number of hydrogen-bond acceptors (Lipinski definition) is 2. The van der Waals surface area contributed by atoms with Gasteiger partial charge in [0.2, 0.25) is 0 Å². The molecule has 0 aromatic heterocycles. The van der Waals surface area contributed by atoms with E-state index in [1.165, 1.54) is 96.9 Å². The number of halogens is 1. The van der Waals surface area contributed by atoms with Crippen molar-refractivity contribution in [3.05, 3.63) is 247 Å². The molecule has 12 rings (SSSR count). The summed E-state index contributed by atoms with van der Waals surface area (Å²) in [5.41, 5.74) is 7.35. The van der Waals surface area contributed by atoms with Gasteiger partial charge in [-0.3, -0.25) is 0 Å². The van der Waals surface area contributed by atoms with E-state index in [-0.39, 0.29) is 0 Å². The van der Waals surface area contributed by atoms with Crippen molar-refractivity contribution >= 4 is 88.2 Å². The molecule has 0 spiro atoms. The first kappa shape index (κ1) is 40.6. The van der Waals surface area contributed by atoms with Gasteiger partial charge < -0.3 is 9.68 Å². The highest BCUT2D eigenvalue weighted by molar-refractivity contribution is 9.10. The van der Waals surface area contributed by atoms with Gasteiger partial charge in [-0.2, -0.15) is 0 Å². The van der Waals surface area contributed by atoms with E-state index in [0.29, 0.717) is 13.4 Å². The second-order valence-electron chi connectivity index (χ2n) is 15.8. The van der Waals surface area contributed by atoms with Crippen molar-refractivity contribution in [2.75, 3.05) is 0 Å². The van der Waals surface area contributed by atoms with Crippen molar-refractivity contribution < 1.29 is 9.68 Å². The lowest BCUT2D eigenvalue weighted by Crippen LogP contribution is -1.99. The molecule has 0 atom stereocenters. The smallest absolute Gasteiger partial charge is 0.537 e. The molecular formula is C60H41BBrO2. The minimum absolute atomic E-state index is 0.618. The van der Waals surface area contributed by atoms with Crippen molar-refractivity contribution in [2.24, 2.45) is 0 Å². The number of fused-ring (bicyclic) bond motifs is 6. The van der Waals surface area contributed by atoms with Crippen LogP contribution in [0, 0.1) is 0 Å². The summed E-state index contributed by atoms with van der Waals surface area (Å²) in [6.07, 6.45) is 0. The highest BCUT2D eigenvalue weighted by atomic mass is 79.9. The van der Waals surface area contributed by atoms with E-state index in [1.54, 1.807) is 0 Å². The zero-order valence-corrected chi connectivity index (χ0v) is 36.5. The van der Waals surface area contributed by atoms with Crippen LogP contribution in [0.2, 0.25) is 0 Å². The normalized spacial score (nSPS) is 11.0. The molecule has 303 valence electrons. The molecule has 0 aliphatic rings. The van der Waals surface area contributed by atoms with Gasteiger partial charge in [-0.1, -0.05) is 206 Å². The van der Waals surface area contributed by atoms with Crippen molar-refractivity contribution in [2.45, 2.75) is 0 Å². The summed E-state index contributed by atoms with van der Waals surface area (Å²) in [5, 5.41) is 23.9. The Morgan fingerprint density at radius 3 is 1.06 bits per heavy atom. The van der Waals surface area contributed by atoms with E-state index in [4.69, 9.17) is 9.68 Å². The fourth-order valence-electron chi connectivity index (χ4n) is 8.64. The highest BCUT2D eigenvalue weighted by Crippen LogP contribution is 2.38. The fraction of sp³-hybridized carbons (Fsp3) is 0. The zero-order chi connectivity index (χ0) is 43.2. The molecule has 0 aliphatic heterocycles. The monoisotopic (exact) mass is 883 g/mol. The molecule has 64 heavy (non-hydrogen) atoms. The van der Waals surface area contributed by atoms with Gasteiger partial charge in [-0.05, 0) is 150 Å². The van der Waals surface area contributed by atoms with Crippen LogP contribution in [-0.2, 0) is 0 Å². The molecule has 1 radical (unpaired) electrons. The first-order valence-corrected chi connectivity index (χ1v) is 22.2. The quantitative estimate of drug-likeness (QED) is 0.138. The molecule has 0 amide bonds. The summed E-state index contributed by atoms with van der Waals surface area (Å²) in [4.78, 5) is 0. The number of hydrogen-bond donors (Lipinski definition) is 1. The lowest BCUT2D eigenvalue weighted by Gasteiger charge is -2.13. The summed E-state index contributed by atoms with van der Waals surface area (Å²) >= 11 is 3.68. The molecule has 12 aromatic rings. The maximum absolute atomic E-state index is 8.58. The van der Waals surface area contributed by atoms with Crippen LogP contribution in [0.5, 0.6) is 5.75 Å². The second-order valence-corrected chi connectivity index (χ2v) is 16.6. The molecule has 0 saturated heterocycles. The van der Waals surface area contributed by atoms with Crippen molar-refractivity contribution in [3.63, 3.8) is 0 Å². The molecule has 2 nitrogen and oxygen atoms in total. The van der Waals surface area contributed by atoms with Gasteiger partial charge in [-0.25, -0.2) is 0 Å². The van der Waals surface area contributed by atoms with Crippen LogP contribution in [0.1, 0.15) is 0 Å². The standard InChI is InChI=1S/C30H20.C16H12BO2.C14H9Br/c1-2-8-24-19-25(18-15-21(24)7-1)22-13-16-23(17-14-22)30-28-11-5-3-9-26(28)20-27-10-4-6-12-29(27)30;18-17-19-16-9-7-13(8-10-16)15-6-5-12-3-1-2-4-14(12)11-15;15-14-12-7-3-1-5-10(12)9-11-6-2-4-8-13(11)14/h1-20H;1-11,18H;1-9H. The Labute approximate surface area is 382 Å². The molecule has 0 bridgehead atoms. The third kappa shape index (κ3) is 8.50. The van der Waals surface area contributed by atoms with Gasteiger partial charge in [0.05, 0.1) is 0 Å². The first-order valence-electron chi connectivity index (χ1n) is 21.4. The third-order valence-electron chi connectivity index (χ3n) is 11.9. The van der Waals surface area contributed by atoms with Gasteiger partial charge in [0.25, 0.3) is 0 Å². The SMILES string of the molecule is Brc1c2ccccc2cc2ccccc12.O[B]Oc1ccc(-c2ccc3ccccc3c2)cc1.c1ccc2cc(-c3ccc(-c4c5ccccc5cc5ccccc45)cc3)ccc2c1. The number of rotatable bonds is 5. The minimum atomic E-state index is 0.618. The topological polar surface area (TPSA) is 29.5 Å². The summed E-state index contributed by atoms with van der Waals surface area (Å²) in [6, 6.07) is 85.3. The lowest BCUT2D eigenvalue weighted by molar-refractivity contribution is 0.454. The molecule has 0 unspecified atom stereocenters. The summed E-state index contributed by atoms with van der Waals surface area (Å²) in [6.45, 7) is 0.